The minimum atomic E-state index is -4.53. The van der Waals surface area contributed by atoms with Crippen LogP contribution in [0, 0.1) is 6.92 Å². The smallest absolute Gasteiger partial charge is 0.341 e. The SMILES string of the molecule is Cc1cc(C(=O)Nc2cc(C(F)(F)F)ccc2Cl)nc(N2CCCCC2)n1. The zero-order chi connectivity index (χ0) is 19.6. The highest BCUT2D eigenvalue weighted by Gasteiger charge is 2.31. The van der Waals surface area contributed by atoms with Crippen LogP contribution in [0.25, 0.3) is 0 Å². The lowest BCUT2D eigenvalue weighted by Crippen LogP contribution is -2.31. The van der Waals surface area contributed by atoms with Crippen LogP contribution in [-0.4, -0.2) is 29.0 Å². The van der Waals surface area contributed by atoms with E-state index in [1.807, 2.05) is 4.90 Å². The van der Waals surface area contributed by atoms with Gasteiger partial charge in [0.25, 0.3) is 5.91 Å². The molecule has 1 aliphatic rings. The van der Waals surface area contributed by atoms with Gasteiger partial charge in [-0.25, -0.2) is 9.97 Å². The number of aromatic nitrogens is 2. The molecule has 0 aliphatic carbocycles. The van der Waals surface area contributed by atoms with Crippen LogP contribution in [-0.2, 0) is 6.18 Å². The lowest BCUT2D eigenvalue weighted by atomic mass is 10.1. The summed E-state index contributed by atoms with van der Waals surface area (Å²) < 4.78 is 38.7. The number of rotatable bonds is 3. The summed E-state index contributed by atoms with van der Waals surface area (Å²) in [5, 5.41) is 2.43. The molecule has 1 N–H and O–H groups in total. The van der Waals surface area contributed by atoms with Crippen LogP contribution in [0.2, 0.25) is 5.02 Å². The maximum absolute atomic E-state index is 12.9. The number of nitrogens with one attached hydrogen (secondary N) is 1. The van der Waals surface area contributed by atoms with Gasteiger partial charge in [-0.05, 0) is 50.5 Å². The third-order valence-corrected chi connectivity index (χ3v) is 4.59. The van der Waals surface area contributed by atoms with E-state index >= 15 is 0 Å². The Kier molecular flexibility index (Phi) is 5.55. The molecule has 0 saturated carbocycles. The molecule has 1 aliphatic heterocycles. The first-order valence-electron chi connectivity index (χ1n) is 8.53. The van der Waals surface area contributed by atoms with Crippen molar-refractivity contribution in [3.8, 4) is 0 Å². The second kappa shape index (κ2) is 7.72. The van der Waals surface area contributed by atoms with Gasteiger partial charge in [0, 0.05) is 18.8 Å². The van der Waals surface area contributed by atoms with E-state index in [4.69, 9.17) is 11.6 Å². The average Bonchev–Trinajstić information content (AvgIpc) is 2.62. The molecule has 27 heavy (non-hydrogen) atoms. The van der Waals surface area contributed by atoms with Gasteiger partial charge in [0.15, 0.2) is 0 Å². The van der Waals surface area contributed by atoms with Crippen molar-refractivity contribution < 1.29 is 18.0 Å². The standard InChI is InChI=1S/C18H18ClF3N4O/c1-11-9-15(25-17(23-11)26-7-3-2-4-8-26)16(27)24-14-10-12(18(20,21)22)5-6-13(14)19/h5-6,9-10H,2-4,7-8H2,1H3,(H,24,27). The lowest BCUT2D eigenvalue weighted by molar-refractivity contribution is -0.137. The van der Waals surface area contributed by atoms with Crippen molar-refractivity contribution in [2.45, 2.75) is 32.4 Å². The van der Waals surface area contributed by atoms with Gasteiger partial charge in [-0.2, -0.15) is 13.2 Å². The highest BCUT2D eigenvalue weighted by atomic mass is 35.5. The summed E-state index contributed by atoms with van der Waals surface area (Å²) in [5.74, 6) is -0.185. The van der Waals surface area contributed by atoms with Crippen molar-refractivity contribution >= 4 is 29.1 Å². The highest BCUT2D eigenvalue weighted by Crippen LogP contribution is 2.34. The average molecular weight is 399 g/mol. The summed E-state index contributed by atoms with van der Waals surface area (Å²) in [5.41, 5.74) is -0.329. The molecule has 0 bridgehead atoms. The fourth-order valence-corrected chi connectivity index (χ4v) is 3.05. The van der Waals surface area contributed by atoms with E-state index in [0.29, 0.717) is 11.6 Å². The molecule has 2 heterocycles. The number of amides is 1. The summed E-state index contributed by atoms with van der Waals surface area (Å²) in [6.45, 7) is 3.36. The molecule has 5 nitrogen and oxygen atoms in total. The molecule has 1 fully saturated rings. The minimum Gasteiger partial charge on any atom is -0.341 e. The number of hydrogen-bond acceptors (Lipinski definition) is 4. The summed E-state index contributed by atoms with van der Waals surface area (Å²) >= 11 is 5.94. The second-order valence-electron chi connectivity index (χ2n) is 6.39. The Hall–Kier alpha value is -2.35. The van der Waals surface area contributed by atoms with Gasteiger partial charge in [0.05, 0.1) is 16.3 Å². The van der Waals surface area contributed by atoms with Crippen LogP contribution >= 0.6 is 11.6 Å². The summed E-state index contributed by atoms with van der Waals surface area (Å²) in [7, 11) is 0. The van der Waals surface area contributed by atoms with E-state index < -0.39 is 17.6 Å². The fourth-order valence-electron chi connectivity index (χ4n) is 2.89. The number of aryl methyl sites for hydroxylation is 1. The van der Waals surface area contributed by atoms with Gasteiger partial charge in [-0.15, -0.1) is 0 Å². The minimum absolute atomic E-state index is 0.0124. The van der Waals surface area contributed by atoms with Crippen LogP contribution in [0.1, 0.15) is 41.0 Å². The first kappa shape index (κ1) is 19.4. The van der Waals surface area contributed by atoms with E-state index in [1.165, 1.54) is 6.07 Å². The van der Waals surface area contributed by atoms with E-state index in [1.54, 1.807) is 6.92 Å². The highest BCUT2D eigenvalue weighted by molar-refractivity contribution is 6.33. The maximum Gasteiger partial charge on any atom is 0.416 e. The molecule has 1 saturated heterocycles. The quantitative estimate of drug-likeness (QED) is 0.814. The molecule has 0 unspecified atom stereocenters. The van der Waals surface area contributed by atoms with Gasteiger partial charge >= 0.3 is 6.18 Å². The Bertz CT molecular complexity index is 851. The Morgan fingerprint density at radius 2 is 1.85 bits per heavy atom. The van der Waals surface area contributed by atoms with Crippen LogP contribution in [0.3, 0.4) is 0 Å². The largest absolute Gasteiger partial charge is 0.416 e. The molecule has 144 valence electrons. The summed E-state index contributed by atoms with van der Waals surface area (Å²) in [4.78, 5) is 23.2. The van der Waals surface area contributed by atoms with Crippen LogP contribution in [0.15, 0.2) is 24.3 Å². The number of nitrogens with zero attached hydrogens (tertiary/aromatic N) is 3. The van der Waals surface area contributed by atoms with Crippen molar-refractivity contribution in [2.24, 2.45) is 0 Å². The molecule has 3 rings (SSSR count). The number of carbonyl (C=O) groups is 1. The van der Waals surface area contributed by atoms with Gasteiger partial charge in [-0.1, -0.05) is 11.6 Å². The van der Waals surface area contributed by atoms with E-state index in [-0.39, 0.29) is 16.4 Å². The molecular weight excluding hydrogens is 381 g/mol. The molecule has 9 heteroatoms. The third kappa shape index (κ3) is 4.68. The number of benzene rings is 1. The Morgan fingerprint density at radius 1 is 1.15 bits per heavy atom. The van der Waals surface area contributed by atoms with E-state index in [2.05, 4.69) is 15.3 Å². The molecule has 1 aromatic carbocycles. The van der Waals surface area contributed by atoms with Crippen LogP contribution in [0.4, 0.5) is 24.8 Å². The van der Waals surface area contributed by atoms with Crippen molar-refractivity contribution in [3.05, 3.63) is 46.2 Å². The summed E-state index contributed by atoms with van der Waals surface area (Å²) in [6.07, 6.45) is -1.34. The molecule has 1 aromatic heterocycles. The van der Waals surface area contributed by atoms with Crippen LogP contribution in [0.5, 0.6) is 0 Å². The van der Waals surface area contributed by atoms with E-state index in [0.717, 1.165) is 50.6 Å². The van der Waals surface area contributed by atoms with Gasteiger partial charge < -0.3 is 10.2 Å². The first-order valence-corrected chi connectivity index (χ1v) is 8.90. The summed E-state index contributed by atoms with van der Waals surface area (Å²) in [6, 6.07) is 4.26. The number of hydrogen-bond donors (Lipinski definition) is 1. The zero-order valence-corrected chi connectivity index (χ0v) is 15.4. The van der Waals surface area contributed by atoms with Gasteiger partial charge in [0.1, 0.15) is 5.69 Å². The van der Waals surface area contributed by atoms with Crippen molar-refractivity contribution in [3.63, 3.8) is 0 Å². The van der Waals surface area contributed by atoms with Crippen LogP contribution < -0.4 is 10.2 Å². The predicted molar refractivity (Wildman–Crippen MR) is 97.2 cm³/mol. The molecule has 1 amide bonds. The number of piperidine rings is 1. The zero-order valence-electron chi connectivity index (χ0n) is 14.6. The number of anilines is 2. The molecule has 0 atom stereocenters. The van der Waals surface area contributed by atoms with Crippen molar-refractivity contribution in [1.29, 1.82) is 0 Å². The van der Waals surface area contributed by atoms with Crippen molar-refractivity contribution in [1.82, 2.24) is 9.97 Å². The van der Waals surface area contributed by atoms with Gasteiger partial charge in [0.2, 0.25) is 5.95 Å². The molecule has 0 radical (unpaired) electrons. The molecular formula is C18H18ClF3N4O. The Morgan fingerprint density at radius 3 is 2.52 bits per heavy atom. The number of halogens is 4. The van der Waals surface area contributed by atoms with E-state index in [9.17, 15) is 18.0 Å². The van der Waals surface area contributed by atoms with Crippen molar-refractivity contribution in [2.75, 3.05) is 23.3 Å². The number of alkyl halides is 3. The molecule has 2 aromatic rings. The predicted octanol–water partition coefficient (Wildman–Crippen LogP) is 4.70. The Balaban J connectivity index is 1.85. The Labute approximate surface area is 159 Å². The fraction of sp³-hybridized carbons (Fsp3) is 0.389. The third-order valence-electron chi connectivity index (χ3n) is 4.26. The second-order valence-corrected chi connectivity index (χ2v) is 6.80. The normalized spacial score (nSPS) is 14.9. The topological polar surface area (TPSA) is 58.1 Å². The van der Waals surface area contributed by atoms with Gasteiger partial charge in [-0.3, -0.25) is 4.79 Å². The maximum atomic E-state index is 12.9. The monoisotopic (exact) mass is 398 g/mol. The number of carbonyl (C=O) groups excluding carboxylic acids is 1. The first-order chi connectivity index (χ1) is 12.7. The molecule has 0 spiro atoms. The lowest BCUT2D eigenvalue weighted by Gasteiger charge is -2.27.